The van der Waals surface area contributed by atoms with Crippen LogP contribution in [0.4, 0.5) is 0 Å². The number of rotatable bonds is 50. The average molecular weight is 886 g/mol. The molecule has 0 heterocycles. The first-order chi connectivity index (χ1) is 31.0. The highest BCUT2D eigenvalue weighted by molar-refractivity contribution is 5.77. The van der Waals surface area contributed by atoms with Gasteiger partial charge in [-0.1, -0.05) is 243 Å². The van der Waals surface area contributed by atoms with Gasteiger partial charge < -0.3 is 20.3 Å². The summed E-state index contributed by atoms with van der Waals surface area (Å²) in [6.45, 7) is 6.48. The lowest BCUT2D eigenvalue weighted by Gasteiger charge is -2.24. The molecule has 0 spiro atoms. The van der Waals surface area contributed by atoms with Crippen molar-refractivity contribution in [3.05, 3.63) is 36.5 Å². The van der Waals surface area contributed by atoms with Crippen LogP contribution >= 0.6 is 0 Å². The number of ether oxygens (including phenoxy) is 1. The van der Waals surface area contributed by atoms with Gasteiger partial charge in [0.25, 0.3) is 0 Å². The van der Waals surface area contributed by atoms with Gasteiger partial charge in [0.15, 0.2) is 0 Å². The molecule has 0 bridgehead atoms. The summed E-state index contributed by atoms with van der Waals surface area (Å²) in [5.74, 6) is -0.515. The first kappa shape index (κ1) is 61.1. The Hall–Kier alpha value is -1.92. The van der Waals surface area contributed by atoms with Crippen molar-refractivity contribution in [2.45, 2.75) is 309 Å². The van der Waals surface area contributed by atoms with Crippen molar-refractivity contribution in [2.24, 2.45) is 0 Å². The van der Waals surface area contributed by atoms with Gasteiger partial charge in [-0.2, -0.15) is 0 Å². The standard InChI is InChI=1S/C57H107NO5/c1-4-7-10-13-16-19-22-25-27-28-29-32-35-38-41-44-47-50-57(62)63-53(48-45-42-39-36-33-31-26-23-20-17-14-11-8-5-2)51-56(61)58-54(52-59)55(60)49-46-43-40-37-34-30-24-21-18-15-12-9-6-3/h25,27,31,33,36,39,53-55,59-60H,4-24,26,28-30,32,34-35,37-38,40-52H2,1-3H3,(H,58,61)/b27-25+,33-31+,39-36+. The molecule has 0 radical (unpaired) electrons. The van der Waals surface area contributed by atoms with E-state index in [4.69, 9.17) is 4.74 Å². The number of aliphatic hydroxyl groups excluding tert-OH is 2. The van der Waals surface area contributed by atoms with Gasteiger partial charge in [0, 0.05) is 6.42 Å². The van der Waals surface area contributed by atoms with Crippen molar-refractivity contribution in [1.82, 2.24) is 5.32 Å². The molecule has 63 heavy (non-hydrogen) atoms. The van der Waals surface area contributed by atoms with Crippen molar-refractivity contribution in [1.29, 1.82) is 0 Å². The van der Waals surface area contributed by atoms with E-state index in [0.717, 1.165) is 57.8 Å². The number of aliphatic hydroxyl groups is 2. The number of hydrogen-bond donors (Lipinski definition) is 3. The molecule has 3 N–H and O–H groups in total. The second-order valence-electron chi connectivity index (χ2n) is 19.0. The van der Waals surface area contributed by atoms with Crippen molar-refractivity contribution < 1.29 is 24.5 Å². The number of nitrogens with one attached hydrogen (secondary N) is 1. The molecule has 0 rings (SSSR count). The van der Waals surface area contributed by atoms with Crippen LogP contribution in [-0.2, 0) is 14.3 Å². The van der Waals surface area contributed by atoms with Crippen LogP contribution < -0.4 is 5.32 Å². The Labute approximate surface area is 392 Å². The van der Waals surface area contributed by atoms with Crippen LogP contribution in [0, 0.1) is 0 Å². The van der Waals surface area contributed by atoms with Crippen molar-refractivity contribution >= 4 is 11.9 Å². The SMILES string of the molecule is CCCCCCCC/C=C/CCCCCCCCCC(=O)OC(CCC/C=C/C=C/CCCCCCCCC)CC(=O)NC(CO)C(O)CCCCCCCCCCCCCCC. The number of unbranched alkanes of at least 4 members (excludes halogenated alkanes) is 33. The minimum Gasteiger partial charge on any atom is -0.462 e. The topological polar surface area (TPSA) is 95.9 Å². The highest BCUT2D eigenvalue weighted by atomic mass is 16.5. The van der Waals surface area contributed by atoms with Crippen molar-refractivity contribution in [3.63, 3.8) is 0 Å². The predicted octanol–water partition coefficient (Wildman–Crippen LogP) is 16.8. The number of carbonyl (C=O) groups excluding carboxylic acids is 2. The van der Waals surface area contributed by atoms with Crippen LogP contribution in [0.5, 0.6) is 0 Å². The lowest BCUT2D eigenvalue weighted by molar-refractivity contribution is -0.151. The fourth-order valence-electron chi connectivity index (χ4n) is 8.48. The van der Waals surface area contributed by atoms with Crippen molar-refractivity contribution in [3.8, 4) is 0 Å². The van der Waals surface area contributed by atoms with Crippen LogP contribution in [0.2, 0.25) is 0 Å². The van der Waals surface area contributed by atoms with Gasteiger partial charge >= 0.3 is 5.97 Å². The van der Waals surface area contributed by atoms with Gasteiger partial charge in [-0.3, -0.25) is 9.59 Å². The molecule has 0 saturated carbocycles. The molecule has 1 amide bonds. The third-order valence-corrected chi connectivity index (χ3v) is 12.7. The van der Waals surface area contributed by atoms with Crippen LogP contribution in [-0.4, -0.2) is 46.9 Å². The van der Waals surface area contributed by atoms with Crippen LogP contribution in [0.15, 0.2) is 36.5 Å². The molecule has 0 aliphatic rings. The summed E-state index contributed by atoms with van der Waals surface area (Å²) in [5, 5.41) is 23.8. The smallest absolute Gasteiger partial charge is 0.306 e. The molecular formula is C57H107NO5. The zero-order valence-corrected chi connectivity index (χ0v) is 42.2. The minimum atomic E-state index is -0.798. The largest absolute Gasteiger partial charge is 0.462 e. The molecule has 0 aromatic rings. The third-order valence-electron chi connectivity index (χ3n) is 12.7. The van der Waals surface area contributed by atoms with Gasteiger partial charge in [-0.15, -0.1) is 0 Å². The molecule has 0 fully saturated rings. The maximum Gasteiger partial charge on any atom is 0.306 e. The van der Waals surface area contributed by atoms with E-state index in [-0.39, 0.29) is 24.9 Å². The van der Waals surface area contributed by atoms with Gasteiger partial charge in [0.05, 0.1) is 25.2 Å². The Morgan fingerprint density at radius 1 is 0.460 bits per heavy atom. The summed E-state index contributed by atoms with van der Waals surface area (Å²) in [5.41, 5.74) is 0. The normalized spacial score (nSPS) is 13.4. The van der Waals surface area contributed by atoms with E-state index in [0.29, 0.717) is 19.3 Å². The molecule has 0 aliphatic heterocycles. The third kappa shape index (κ3) is 46.4. The summed E-state index contributed by atoms with van der Waals surface area (Å²) >= 11 is 0. The van der Waals surface area contributed by atoms with E-state index in [9.17, 15) is 19.8 Å². The minimum absolute atomic E-state index is 0.0456. The number of carbonyl (C=O) groups is 2. The van der Waals surface area contributed by atoms with Crippen LogP contribution in [0.1, 0.15) is 290 Å². The monoisotopic (exact) mass is 886 g/mol. The molecule has 6 heteroatoms. The summed E-state index contributed by atoms with van der Waals surface area (Å²) in [6.07, 6.45) is 60.7. The fraction of sp³-hybridized carbons (Fsp3) is 0.860. The number of esters is 1. The number of amides is 1. The molecule has 370 valence electrons. The second-order valence-corrected chi connectivity index (χ2v) is 19.0. The molecule has 3 atom stereocenters. The first-order valence-corrected chi connectivity index (χ1v) is 27.7. The van der Waals surface area contributed by atoms with E-state index in [1.807, 2.05) is 0 Å². The van der Waals surface area contributed by atoms with Gasteiger partial charge in [0.1, 0.15) is 6.10 Å². The Bertz CT molecular complexity index is 1040. The predicted molar refractivity (Wildman–Crippen MR) is 273 cm³/mol. The van der Waals surface area contributed by atoms with Crippen molar-refractivity contribution in [2.75, 3.05) is 6.61 Å². The summed E-state index contributed by atoms with van der Waals surface area (Å²) in [4.78, 5) is 26.2. The molecule has 0 aliphatic carbocycles. The Kier molecular flexibility index (Phi) is 49.5. The molecular weight excluding hydrogens is 779 g/mol. The fourth-order valence-corrected chi connectivity index (χ4v) is 8.48. The highest BCUT2D eigenvalue weighted by Crippen LogP contribution is 2.17. The average Bonchev–Trinajstić information content (AvgIpc) is 3.28. The molecule has 0 aromatic carbocycles. The quantitative estimate of drug-likeness (QED) is 0.0245. The Balaban J connectivity index is 4.60. The number of allylic oxidation sites excluding steroid dienone is 6. The second kappa shape index (κ2) is 51.1. The van der Waals surface area contributed by atoms with Crippen LogP contribution in [0.3, 0.4) is 0 Å². The van der Waals surface area contributed by atoms with Gasteiger partial charge in [-0.05, 0) is 70.6 Å². The molecule has 0 aromatic heterocycles. The van der Waals surface area contributed by atoms with Crippen LogP contribution in [0.25, 0.3) is 0 Å². The molecule has 3 unspecified atom stereocenters. The summed E-state index contributed by atoms with van der Waals surface area (Å²) < 4.78 is 5.92. The van der Waals surface area contributed by atoms with E-state index in [2.05, 4.69) is 62.5 Å². The Morgan fingerprint density at radius 3 is 1.25 bits per heavy atom. The molecule has 6 nitrogen and oxygen atoms in total. The van der Waals surface area contributed by atoms with E-state index < -0.39 is 18.2 Å². The van der Waals surface area contributed by atoms with E-state index >= 15 is 0 Å². The summed E-state index contributed by atoms with van der Waals surface area (Å²) in [6, 6.07) is -0.715. The Morgan fingerprint density at radius 2 is 0.825 bits per heavy atom. The zero-order valence-electron chi connectivity index (χ0n) is 42.2. The van der Waals surface area contributed by atoms with E-state index in [1.54, 1.807) is 0 Å². The highest BCUT2D eigenvalue weighted by Gasteiger charge is 2.24. The first-order valence-electron chi connectivity index (χ1n) is 27.7. The lowest BCUT2D eigenvalue weighted by Crippen LogP contribution is -2.46. The maximum atomic E-state index is 13.2. The van der Waals surface area contributed by atoms with Gasteiger partial charge in [-0.25, -0.2) is 0 Å². The summed E-state index contributed by atoms with van der Waals surface area (Å²) in [7, 11) is 0. The van der Waals surface area contributed by atoms with Gasteiger partial charge in [0.2, 0.25) is 5.91 Å². The maximum absolute atomic E-state index is 13.2. The van der Waals surface area contributed by atoms with E-state index in [1.165, 1.54) is 186 Å². The lowest BCUT2D eigenvalue weighted by atomic mass is 10.0. The zero-order chi connectivity index (χ0) is 45.9. The number of hydrogen-bond acceptors (Lipinski definition) is 5. The molecule has 0 saturated heterocycles.